The second-order valence-electron chi connectivity index (χ2n) is 4.37. The van der Waals surface area contributed by atoms with Crippen LogP contribution in [0.4, 0.5) is 8.78 Å². The summed E-state index contributed by atoms with van der Waals surface area (Å²) in [6, 6.07) is 1.93. The molecular formula is C13H16F2N2O2. The highest BCUT2D eigenvalue weighted by molar-refractivity contribution is 5.97. The lowest BCUT2D eigenvalue weighted by Crippen LogP contribution is -2.48. The molecule has 0 fully saturated rings. The van der Waals surface area contributed by atoms with Crippen LogP contribution in [-0.4, -0.2) is 17.9 Å². The number of benzene rings is 1. The fourth-order valence-corrected chi connectivity index (χ4v) is 1.59. The minimum Gasteiger partial charge on any atom is -0.368 e. The Balaban J connectivity index is 2.87. The van der Waals surface area contributed by atoms with E-state index >= 15 is 0 Å². The lowest BCUT2D eigenvalue weighted by atomic mass is 9.98. The molecule has 0 radical (unpaired) electrons. The molecule has 0 aliphatic rings. The zero-order chi connectivity index (χ0) is 14.6. The van der Waals surface area contributed by atoms with E-state index in [1.165, 1.54) is 0 Å². The molecule has 0 saturated heterocycles. The number of carbonyl (C=O) groups excluding carboxylic acids is 2. The molecule has 104 valence electrons. The maximum atomic E-state index is 13.0. The smallest absolute Gasteiger partial charge is 0.252 e. The van der Waals surface area contributed by atoms with Crippen molar-refractivity contribution in [3.63, 3.8) is 0 Å². The van der Waals surface area contributed by atoms with Gasteiger partial charge in [0.2, 0.25) is 5.91 Å². The van der Waals surface area contributed by atoms with Gasteiger partial charge in [-0.05, 0) is 24.1 Å². The largest absolute Gasteiger partial charge is 0.368 e. The summed E-state index contributed by atoms with van der Waals surface area (Å²) in [7, 11) is 0. The molecular weight excluding hydrogens is 254 g/mol. The van der Waals surface area contributed by atoms with Crippen molar-refractivity contribution in [2.45, 2.75) is 26.3 Å². The summed E-state index contributed by atoms with van der Waals surface area (Å²) in [5, 5.41) is 2.43. The fourth-order valence-electron chi connectivity index (χ4n) is 1.59. The van der Waals surface area contributed by atoms with Gasteiger partial charge < -0.3 is 11.1 Å². The predicted octanol–water partition coefficient (Wildman–Crippen LogP) is 1.59. The van der Waals surface area contributed by atoms with Crippen molar-refractivity contribution in [2.24, 2.45) is 11.7 Å². The molecule has 3 N–H and O–H groups in total. The molecule has 2 amide bonds. The predicted molar refractivity (Wildman–Crippen MR) is 66.3 cm³/mol. The van der Waals surface area contributed by atoms with E-state index < -0.39 is 29.5 Å². The van der Waals surface area contributed by atoms with Gasteiger partial charge in [0.1, 0.15) is 6.04 Å². The standard InChI is InChI=1S/C13H16F2N2O2/c1-3-7(2)11(12(16)18)17-13(19)8-4-5-9(14)10(15)6-8/h4-7,11H,3H2,1-2H3,(H2,16,18)(H,17,19)/t7-,11-/m1/s1. The molecule has 6 heteroatoms. The molecule has 1 rings (SSSR count). The average molecular weight is 270 g/mol. The van der Waals surface area contributed by atoms with Crippen LogP contribution in [0.15, 0.2) is 18.2 Å². The molecule has 2 atom stereocenters. The van der Waals surface area contributed by atoms with Crippen molar-refractivity contribution >= 4 is 11.8 Å². The van der Waals surface area contributed by atoms with Crippen molar-refractivity contribution in [2.75, 3.05) is 0 Å². The van der Waals surface area contributed by atoms with Crippen LogP contribution in [0.5, 0.6) is 0 Å². The number of nitrogens with two attached hydrogens (primary N) is 1. The maximum Gasteiger partial charge on any atom is 0.252 e. The van der Waals surface area contributed by atoms with Crippen molar-refractivity contribution in [3.8, 4) is 0 Å². The number of amides is 2. The number of primary amides is 1. The van der Waals surface area contributed by atoms with Crippen LogP contribution in [0.2, 0.25) is 0 Å². The monoisotopic (exact) mass is 270 g/mol. The summed E-state index contributed by atoms with van der Waals surface area (Å²) < 4.78 is 25.8. The number of nitrogens with one attached hydrogen (secondary N) is 1. The van der Waals surface area contributed by atoms with Crippen molar-refractivity contribution in [3.05, 3.63) is 35.4 Å². The molecule has 19 heavy (non-hydrogen) atoms. The minimum absolute atomic E-state index is 0.0616. The first-order valence-corrected chi connectivity index (χ1v) is 5.92. The van der Waals surface area contributed by atoms with Crippen LogP contribution in [0.3, 0.4) is 0 Å². The SMILES string of the molecule is CC[C@@H](C)[C@@H](NC(=O)c1ccc(F)c(F)c1)C(N)=O. The van der Waals surface area contributed by atoms with Gasteiger partial charge in [-0.2, -0.15) is 0 Å². The summed E-state index contributed by atoms with van der Waals surface area (Å²) in [6.07, 6.45) is 0.645. The Kier molecular flexibility index (Phi) is 4.97. The van der Waals surface area contributed by atoms with E-state index in [0.29, 0.717) is 6.42 Å². The zero-order valence-corrected chi connectivity index (χ0v) is 10.7. The molecule has 0 aromatic heterocycles. The summed E-state index contributed by atoms with van der Waals surface area (Å²) >= 11 is 0. The molecule has 0 aliphatic heterocycles. The summed E-state index contributed by atoms with van der Waals surface area (Å²) in [4.78, 5) is 23.1. The van der Waals surface area contributed by atoms with E-state index in [2.05, 4.69) is 5.32 Å². The third kappa shape index (κ3) is 3.74. The van der Waals surface area contributed by atoms with Crippen molar-refractivity contribution in [1.82, 2.24) is 5.32 Å². The van der Waals surface area contributed by atoms with E-state index in [0.717, 1.165) is 18.2 Å². The van der Waals surface area contributed by atoms with Crippen LogP contribution >= 0.6 is 0 Å². The Morgan fingerprint density at radius 3 is 2.42 bits per heavy atom. The van der Waals surface area contributed by atoms with E-state index in [-0.39, 0.29) is 11.5 Å². The Bertz CT molecular complexity index is 492. The fraction of sp³-hybridized carbons (Fsp3) is 0.385. The summed E-state index contributed by atoms with van der Waals surface area (Å²) in [5.41, 5.74) is 5.14. The molecule has 1 aromatic carbocycles. The summed E-state index contributed by atoms with van der Waals surface area (Å²) in [6.45, 7) is 3.62. The van der Waals surface area contributed by atoms with Crippen molar-refractivity contribution in [1.29, 1.82) is 0 Å². The number of carbonyl (C=O) groups is 2. The zero-order valence-electron chi connectivity index (χ0n) is 10.7. The molecule has 0 saturated carbocycles. The first kappa shape index (κ1) is 15.1. The van der Waals surface area contributed by atoms with Crippen LogP contribution in [0.1, 0.15) is 30.6 Å². The molecule has 0 bridgehead atoms. The Labute approximate surface area is 110 Å². The van der Waals surface area contributed by atoms with E-state index in [9.17, 15) is 18.4 Å². The highest BCUT2D eigenvalue weighted by Crippen LogP contribution is 2.11. The van der Waals surface area contributed by atoms with E-state index in [4.69, 9.17) is 5.73 Å². The second-order valence-corrected chi connectivity index (χ2v) is 4.37. The quantitative estimate of drug-likeness (QED) is 0.853. The molecule has 0 heterocycles. The number of halogens is 2. The Hall–Kier alpha value is -1.98. The van der Waals surface area contributed by atoms with Crippen LogP contribution in [0, 0.1) is 17.6 Å². The average Bonchev–Trinajstić information content (AvgIpc) is 2.37. The van der Waals surface area contributed by atoms with Crippen LogP contribution in [0.25, 0.3) is 0 Å². The lowest BCUT2D eigenvalue weighted by Gasteiger charge is -2.21. The number of hydrogen-bond acceptors (Lipinski definition) is 2. The van der Waals surface area contributed by atoms with E-state index in [1.54, 1.807) is 6.92 Å². The third-order valence-corrected chi connectivity index (χ3v) is 2.99. The Morgan fingerprint density at radius 1 is 1.32 bits per heavy atom. The molecule has 0 spiro atoms. The van der Waals surface area contributed by atoms with Gasteiger partial charge in [-0.15, -0.1) is 0 Å². The molecule has 4 nitrogen and oxygen atoms in total. The highest BCUT2D eigenvalue weighted by Gasteiger charge is 2.24. The van der Waals surface area contributed by atoms with Gasteiger partial charge in [-0.3, -0.25) is 9.59 Å². The lowest BCUT2D eigenvalue weighted by molar-refractivity contribution is -0.120. The minimum atomic E-state index is -1.12. The third-order valence-electron chi connectivity index (χ3n) is 2.99. The normalized spacial score (nSPS) is 13.7. The van der Waals surface area contributed by atoms with Crippen molar-refractivity contribution < 1.29 is 18.4 Å². The topological polar surface area (TPSA) is 72.2 Å². The molecule has 0 aliphatic carbocycles. The van der Waals surface area contributed by atoms with Crippen LogP contribution < -0.4 is 11.1 Å². The van der Waals surface area contributed by atoms with Gasteiger partial charge in [0, 0.05) is 5.56 Å². The first-order chi connectivity index (χ1) is 8.86. The number of rotatable bonds is 5. The second kappa shape index (κ2) is 6.26. The maximum absolute atomic E-state index is 13.0. The van der Waals surface area contributed by atoms with Gasteiger partial charge in [0.15, 0.2) is 11.6 Å². The van der Waals surface area contributed by atoms with Gasteiger partial charge in [-0.1, -0.05) is 20.3 Å². The van der Waals surface area contributed by atoms with Gasteiger partial charge in [-0.25, -0.2) is 8.78 Å². The number of hydrogen-bond donors (Lipinski definition) is 2. The highest BCUT2D eigenvalue weighted by atomic mass is 19.2. The molecule has 1 aromatic rings. The Morgan fingerprint density at radius 2 is 1.95 bits per heavy atom. The molecule has 0 unspecified atom stereocenters. The van der Waals surface area contributed by atoms with Gasteiger partial charge in [0.25, 0.3) is 5.91 Å². The van der Waals surface area contributed by atoms with E-state index in [1.807, 2.05) is 6.92 Å². The van der Waals surface area contributed by atoms with Gasteiger partial charge in [0.05, 0.1) is 0 Å². The van der Waals surface area contributed by atoms with Gasteiger partial charge >= 0.3 is 0 Å². The first-order valence-electron chi connectivity index (χ1n) is 5.92. The van der Waals surface area contributed by atoms with Crippen LogP contribution in [-0.2, 0) is 4.79 Å². The summed E-state index contributed by atoms with van der Waals surface area (Å²) in [5.74, 6) is -3.63.